The lowest BCUT2D eigenvalue weighted by Gasteiger charge is -1.91. The number of para-hydroxylation sites is 2. The van der Waals surface area contributed by atoms with Gasteiger partial charge in [-0.2, -0.15) is 0 Å². The molecule has 0 atom stereocenters. The van der Waals surface area contributed by atoms with E-state index >= 15 is 0 Å². The molecule has 0 aliphatic heterocycles. The Morgan fingerprint density at radius 3 is 3.08 bits per heavy atom. The number of rotatable bonds is 1. The van der Waals surface area contributed by atoms with Crippen LogP contribution in [-0.2, 0) is 0 Å². The smallest absolute Gasteiger partial charge is 0.100 e. The Bertz CT molecular complexity index is 448. The lowest BCUT2D eigenvalue weighted by Crippen LogP contribution is -1.79. The average molecular weight is 156 g/mol. The zero-order valence-electron chi connectivity index (χ0n) is 6.57. The molecule has 0 aliphatic carbocycles. The van der Waals surface area contributed by atoms with Gasteiger partial charge >= 0.3 is 0 Å². The number of benzene rings is 1. The molecule has 0 unspecified atom stereocenters. The van der Waals surface area contributed by atoms with Gasteiger partial charge in [0.25, 0.3) is 0 Å². The lowest BCUT2D eigenvalue weighted by molar-refractivity contribution is 1.18. The quantitative estimate of drug-likeness (QED) is 0.579. The fraction of sp³-hybridized carbons (Fsp3) is 0. The van der Waals surface area contributed by atoms with Crippen LogP contribution in [0.25, 0.3) is 17.2 Å². The van der Waals surface area contributed by atoms with Crippen LogP contribution in [0.5, 0.6) is 0 Å². The van der Waals surface area contributed by atoms with Crippen molar-refractivity contribution in [2.45, 2.75) is 0 Å². The van der Waals surface area contributed by atoms with Crippen LogP contribution in [0.3, 0.4) is 0 Å². The van der Waals surface area contributed by atoms with E-state index in [2.05, 4.69) is 17.3 Å². The number of fused-ring (bicyclic) bond motifs is 1. The van der Waals surface area contributed by atoms with Gasteiger partial charge in [-0.25, -0.2) is 4.98 Å². The van der Waals surface area contributed by atoms with Crippen molar-refractivity contribution in [3.05, 3.63) is 42.9 Å². The van der Waals surface area contributed by atoms with Gasteiger partial charge in [0.1, 0.15) is 6.33 Å². The topological polar surface area (TPSA) is 17.8 Å². The maximum Gasteiger partial charge on any atom is 0.100 e. The SMILES string of the molecule is C=C=Cn1cnc2ccccc21. The number of imidazole rings is 1. The molecule has 58 valence electrons. The molecule has 2 rings (SSSR count). The van der Waals surface area contributed by atoms with E-state index in [1.807, 2.05) is 28.8 Å². The van der Waals surface area contributed by atoms with Crippen LogP contribution in [-0.4, -0.2) is 9.55 Å². The number of nitrogens with zero attached hydrogens (tertiary/aromatic N) is 2. The lowest BCUT2D eigenvalue weighted by atomic mass is 10.3. The van der Waals surface area contributed by atoms with Gasteiger partial charge in [-0.05, 0) is 12.1 Å². The van der Waals surface area contributed by atoms with E-state index in [-0.39, 0.29) is 0 Å². The molecule has 0 aliphatic rings. The summed E-state index contributed by atoms with van der Waals surface area (Å²) in [4.78, 5) is 4.20. The van der Waals surface area contributed by atoms with Gasteiger partial charge in [0.05, 0.1) is 17.2 Å². The Morgan fingerprint density at radius 2 is 2.25 bits per heavy atom. The fourth-order valence-electron chi connectivity index (χ4n) is 1.18. The van der Waals surface area contributed by atoms with Gasteiger partial charge in [-0.3, -0.25) is 4.57 Å². The second kappa shape index (κ2) is 2.68. The highest BCUT2D eigenvalue weighted by Crippen LogP contribution is 2.11. The second-order valence-electron chi connectivity index (χ2n) is 2.47. The first-order valence-electron chi connectivity index (χ1n) is 3.69. The van der Waals surface area contributed by atoms with Gasteiger partial charge < -0.3 is 0 Å². The highest BCUT2D eigenvalue weighted by Gasteiger charge is 1.96. The summed E-state index contributed by atoms with van der Waals surface area (Å²) in [6, 6.07) is 7.94. The molecular formula is C10H8N2. The van der Waals surface area contributed by atoms with E-state index in [0.717, 1.165) is 11.0 Å². The molecule has 0 fully saturated rings. The highest BCUT2D eigenvalue weighted by atomic mass is 15.0. The summed E-state index contributed by atoms with van der Waals surface area (Å²) in [5.74, 6) is 0. The third-order valence-corrected chi connectivity index (χ3v) is 1.71. The Balaban J connectivity index is 2.78. The van der Waals surface area contributed by atoms with Crippen molar-refractivity contribution >= 4 is 17.2 Å². The summed E-state index contributed by atoms with van der Waals surface area (Å²) in [5.41, 5.74) is 4.78. The maximum atomic E-state index is 4.20. The van der Waals surface area contributed by atoms with E-state index < -0.39 is 0 Å². The Kier molecular flexibility index (Phi) is 1.54. The monoisotopic (exact) mass is 156 g/mol. The first-order chi connectivity index (χ1) is 5.92. The minimum atomic E-state index is 0.990. The van der Waals surface area contributed by atoms with Gasteiger partial charge in [-0.1, -0.05) is 18.7 Å². The molecule has 2 nitrogen and oxygen atoms in total. The summed E-state index contributed by atoms with van der Waals surface area (Å²) in [7, 11) is 0. The third-order valence-electron chi connectivity index (χ3n) is 1.71. The zero-order chi connectivity index (χ0) is 8.39. The van der Waals surface area contributed by atoms with E-state index in [1.165, 1.54) is 0 Å². The van der Waals surface area contributed by atoms with E-state index in [1.54, 1.807) is 12.5 Å². The van der Waals surface area contributed by atoms with Gasteiger partial charge in [0.15, 0.2) is 0 Å². The van der Waals surface area contributed by atoms with Crippen LogP contribution in [0.4, 0.5) is 0 Å². The fourth-order valence-corrected chi connectivity index (χ4v) is 1.18. The van der Waals surface area contributed by atoms with Gasteiger partial charge in [0.2, 0.25) is 0 Å². The van der Waals surface area contributed by atoms with Crippen molar-refractivity contribution in [2.24, 2.45) is 0 Å². The van der Waals surface area contributed by atoms with Crippen LogP contribution in [0.2, 0.25) is 0 Å². The predicted octanol–water partition coefficient (Wildman–Crippen LogP) is 2.29. The van der Waals surface area contributed by atoms with Crippen LogP contribution in [0.15, 0.2) is 42.9 Å². The minimum absolute atomic E-state index is 0.990. The standard InChI is InChI=1S/C10H8N2/c1-2-7-12-8-11-9-5-3-4-6-10(9)12/h3-8H,1H2. The summed E-state index contributed by atoms with van der Waals surface area (Å²) in [6.45, 7) is 3.51. The van der Waals surface area contributed by atoms with E-state index in [4.69, 9.17) is 0 Å². The van der Waals surface area contributed by atoms with Crippen LogP contribution >= 0.6 is 0 Å². The molecule has 0 bridgehead atoms. The molecular weight excluding hydrogens is 148 g/mol. The van der Waals surface area contributed by atoms with Gasteiger partial charge in [-0.15, -0.1) is 5.73 Å². The van der Waals surface area contributed by atoms with Crippen LogP contribution in [0.1, 0.15) is 0 Å². The van der Waals surface area contributed by atoms with Gasteiger partial charge in [0, 0.05) is 0 Å². The van der Waals surface area contributed by atoms with Crippen molar-refractivity contribution in [3.63, 3.8) is 0 Å². The summed E-state index contributed by atoms with van der Waals surface area (Å²) in [6.07, 6.45) is 3.51. The number of hydrogen-bond donors (Lipinski definition) is 0. The van der Waals surface area contributed by atoms with Crippen LogP contribution < -0.4 is 0 Å². The Labute approximate surface area is 70.5 Å². The summed E-state index contributed by atoms with van der Waals surface area (Å²) >= 11 is 0. The van der Waals surface area contributed by atoms with Crippen molar-refractivity contribution < 1.29 is 0 Å². The predicted molar refractivity (Wildman–Crippen MR) is 49.6 cm³/mol. The average Bonchev–Trinajstić information content (AvgIpc) is 2.50. The zero-order valence-corrected chi connectivity index (χ0v) is 6.57. The highest BCUT2D eigenvalue weighted by molar-refractivity contribution is 5.76. The molecule has 2 aromatic rings. The van der Waals surface area contributed by atoms with E-state index in [9.17, 15) is 0 Å². The number of aromatic nitrogens is 2. The first kappa shape index (κ1) is 6.89. The molecule has 2 heteroatoms. The molecule has 0 saturated heterocycles. The summed E-state index contributed by atoms with van der Waals surface area (Å²) in [5, 5.41) is 0. The molecule has 1 aromatic carbocycles. The molecule has 0 amide bonds. The van der Waals surface area contributed by atoms with Crippen molar-refractivity contribution in [1.29, 1.82) is 0 Å². The first-order valence-corrected chi connectivity index (χ1v) is 3.69. The minimum Gasteiger partial charge on any atom is -0.298 e. The van der Waals surface area contributed by atoms with Crippen molar-refractivity contribution in [3.8, 4) is 0 Å². The molecule has 0 N–H and O–H groups in total. The van der Waals surface area contributed by atoms with Crippen molar-refractivity contribution in [2.75, 3.05) is 0 Å². The third kappa shape index (κ3) is 0.949. The van der Waals surface area contributed by atoms with Crippen molar-refractivity contribution in [1.82, 2.24) is 9.55 Å². The van der Waals surface area contributed by atoms with E-state index in [0.29, 0.717) is 0 Å². The van der Waals surface area contributed by atoms with Crippen LogP contribution in [0, 0.1) is 0 Å². The molecule has 0 spiro atoms. The molecule has 0 radical (unpaired) electrons. The molecule has 12 heavy (non-hydrogen) atoms. The molecule has 1 heterocycles. The normalized spacial score (nSPS) is 9.67. The summed E-state index contributed by atoms with van der Waals surface area (Å²) < 4.78 is 1.89. The second-order valence-corrected chi connectivity index (χ2v) is 2.47. The maximum absolute atomic E-state index is 4.20. The largest absolute Gasteiger partial charge is 0.298 e. The molecule has 1 aromatic heterocycles. The molecule has 0 saturated carbocycles. The number of hydrogen-bond acceptors (Lipinski definition) is 1. The Morgan fingerprint density at radius 1 is 1.42 bits per heavy atom. The Hall–Kier alpha value is -1.79.